The van der Waals surface area contributed by atoms with Gasteiger partial charge in [0.05, 0.1) is 11.6 Å². The Hall–Kier alpha value is -4.54. The number of ether oxygens (including phenoxy) is 1. The van der Waals surface area contributed by atoms with Gasteiger partial charge in [-0.25, -0.2) is 9.59 Å². The van der Waals surface area contributed by atoms with E-state index in [9.17, 15) is 27.6 Å². The number of anilines is 1. The largest absolute Gasteiger partial charge is 0.444 e. The number of benzene rings is 3. The first-order valence-electron chi connectivity index (χ1n) is 13.9. The Labute approximate surface area is 248 Å². The average Bonchev–Trinajstić information content (AvgIpc) is 2.93. The smallest absolute Gasteiger partial charge is 0.416 e. The lowest BCUT2D eigenvalue weighted by Gasteiger charge is -2.32. The number of hydrogen-bond donors (Lipinski definition) is 3. The van der Waals surface area contributed by atoms with Crippen LogP contribution in [0.15, 0.2) is 66.7 Å². The highest BCUT2D eigenvalue weighted by atomic mass is 19.4. The average molecular weight is 597 g/mol. The number of nitrogens with zero attached hydrogens (tertiary/aromatic N) is 1. The molecule has 0 unspecified atom stereocenters. The van der Waals surface area contributed by atoms with Gasteiger partial charge in [0.15, 0.2) is 0 Å². The van der Waals surface area contributed by atoms with E-state index in [4.69, 9.17) is 10.5 Å². The standard InChI is InChI=1S/C32H35F3N4O4/c1-31(2,3)43-30(42)37-24-8-4-6-21(18-24)27(14-15-28(36)40)38-29(41)39-17-16-26-22(19-39)7-5-9-25(26)20-10-12-23(13-11-20)32(33,34)35/h4-13,18,27H,14-17,19H2,1-3H3,(H2,36,40)(H,37,42)(H,38,41)/t27-/m0/s1. The minimum atomic E-state index is -4.41. The number of primary amides is 1. The van der Waals surface area contributed by atoms with Crippen molar-refractivity contribution in [2.45, 2.75) is 64.4 Å². The van der Waals surface area contributed by atoms with Crippen molar-refractivity contribution < 1.29 is 32.3 Å². The van der Waals surface area contributed by atoms with Gasteiger partial charge in [-0.05, 0) is 85.7 Å². The second kappa shape index (κ2) is 12.8. The van der Waals surface area contributed by atoms with Crippen LogP contribution in [-0.2, 0) is 28.7 Å². The molecule has 0 spiro atoms. The number of nitrogens with two attached hydrogens (primary N) is 1. The maximum Gasteiger partial charge on any atom is 0.416 e. The van der Waals surface area contributed by atoms with Gasteiger partial charge in [0.2, 0.25) is 5.91 Å². The molecule has 8 nitrogen and oxygen atoms in total. The quantitative estimate of drug-likeness (QED) is 0.279. The topological polar surface area (TPSA) is 114 Å². The first kappa shape index (κ1) is 31.4. The number of carbonyl (C=O) groups excluding carboxylic acids is 3. The maximum absolute atomic E-state index is 13.4. The van der Waals surface area contributed by atoms with Crippen LogP contribution in [0.2, 0.25) is 0 Å². The van der Waals surface area contributed by atoms with Gasteiger partial charge in [-0.1, -0.05) is 42.5 Å². The molecule has 0 aromatic heterocycles. The van der Waals surface area contributed by atoms with Gasteiger partial charge >= 0.3 is 18.3 Å². The van der Waals surface area contributed by atoms with Gasteiger partial charge < -0.3 is 20.7 Å². The number of halogens is 3. The lowest BCUT2D eigenvalue weighted by molar-refractivity contribution is -0.137. The van der Waals surface area contributed by atoms with E-state index in [1.54, 1.807) is 49.9 Å². The van der Waals surface area contributed by atoms with Crippen molar-refractivity contribution in [1.29, 1.82) is 0 Å². The summed E-state index contributed by atoms with van der Waals surface area (Å²) >= 11 is 0. The van der Waals surface area contributed by atoms with E-state index in [0.29, 0.717) is 36.3 Å². The van der Waals surface area contributed by atoms with Crippen LogP contribution < -0.4 is 16.4 Å². The van der Waals surface area contributed by atoms with Crippen LogP contribution in [-0.4, -0.2) is 35.1 Å². The summed E-state index contributed by atoms with van der Waals surface area (Å²) in [5.74, 6) is -0.509. The molecule has 3 aromatic rings. The van der Waals surface area contributed by atoms with Crippen molar-refractivity contribution in [3.05, 3.63) is 89.0 Å². The number of rotatable bonds is 7. The summed E-state index contributed by atoms with van der Waals surface area (Å²) < 4.78 is 44.4. The fourth-order valence-corrected chi connectivity index (χ4v) is 5.00. The zero-order valence-electron chi connectivity index (χ0n) is 24.3. The van der Waals surface area contributed by atoms with E-state index < -0.39 is 35.4 Å². The molecule has 0 bridgehead atoms. The molecule has 4 rings (SSSR count). The van der Waals surface area contributed by atoms with Crippen LogP contribution in [0.25, 0.3) is 11.1 Å². The third-order valence-electron chi connectivity index (χ3n) is 6.99. The zero-order valence-corrected chi connectivity index (χ0v) is 24.3. The third-order valence-corrected chi connectivity index (χ3v) is 6.99. The van der Waals surface area contributed by atoms with Crippen molar-refractivity contribution in [3.8, 4) is 11.1 Å². The highest BCUT2D eigenvalue weighted by Crippen LogP contribution is 2.34. The lowest BCUT2D eigenvalue weighted by Crippen LogP contribution is -2.44. The minimum Gasteiger partial charge on any atom is -0.444 e. The SMILES string of the molecule is CC(C)(C)OC(=O)Nc1cccc([C@H](CCC(N)=O)NC(=O)N2CCc3c(cccc3-c3ccc(C(F)(F)F)cc3)C2)c1. The molecule has 0 saturated carbocycles. The highest BCUT2D eigenvalue weighted by molar-refractivity contribution is 5.85. The van der Waals surface area contributed by atoms with Crippen LogP contribution in [0.3, 0.4) is 0 Å². The van der Waals surface area contributed by atoms with Crippen molar-refractivity contribution in [2.24, 2.45) is 5.73 Å². The molecule has 0 saturated heterocycles. The van der Waals surface area contributed by atoms with E-state index in [0.717, 1.165) is 28.8 Å². The number of nitrogens with one attached hydrogen (secondary N) is 2. The minimum absolute atomic E-state index is 0.0357. The first-order valence-corrected chi connectivity index (χ1v) is 13.9. The van der Waals surface area contributed by atoms with Gasteiger partial charge in [0, 0.05) is 25.2 Å². The molecular formula is C32H35F3N4O4. The van der Waals surface area contributed by atoms with Crippen molar-refractivity contribution >= 4 is 23.7 Å². The van der Waals surface area contributed by atoms with E-state index in [-0.39, 0.29) is 18.9 Å². The predicted molar refractivity (Wildman–Crippen MR) is 157 cm³/mol. The molecular weight excluding hydrogens is 561 g/mol. The Bertz CT molecular complexity index is 1480. The molecule has 1 heterocycles. The summed E-state index contributed by atoms with van der Waals surface area (Å²) in [7, 11) is 0. The summed E-state index contributed by atoms with van der Waals surface area (Å²) in [5.41, 5.74) is 8.55. The van der Waals surface area contributed by atoms with E-state index in [2.05, 4.69) is 10.6 Å². The van der Waals surface area contributed by atoms with Gasteiger partial charge in [0.1, 0.15) is 5.60 Å². The number of alkyl halides is 3. The second-order valence-electron chi connectivity index (χ2n) is 11.4. The predicted octanol–water partition coefficient (Wildman–Crippen LogP) is 6.79. The first-order chi connectivity index (χ1) is 20.2. The Kier molecular flexibility index (Phi) is 9.32. The molecule has 1 aliphatic heterocycles. The van der Waals surface area contributed by atoms with E-state index in [1.165, 1.54) is 12.1 Å². The number of carbonyl (C=O) groups is 3. The van der Waals surface area contributed by atoms with Crippen LogP contribution in [0, 0.1) is 0 Å². The Morgan fingerprint density at radius 3 is 2.35 bits per heavy atom. The van der Waals surface area contributed by atoms with Crippen molar-refractivity contribution in [1.82, 2.24) is 10.2 Å². The van der Waals surface area contributed by atoms with Crippen LogP contribution in [0.5, 0.6) is 0 Å². The molecule has 1 aliphatic rings. The zero-order chi connectivity index (χ0) is 31.4. The molecule has 43 heavy (non-hydrogen) atoms. The Morgan fingerprint density at radius 2 is 1.70 bits per heavy atom. The molecule has 1 atom stereocenters. The molecule has 0 aliphatic carbocycles. The third kappa shape index (κ3) is 8.50. The monoisotopic (exact) mass is 596 g/mol. The number of amides is 4. The Morgan fingerprint density at radius 1 is 1.00 bits per heavy atom. The van der Waals surface area contributed by atoms with E-state index >= 15 is 0 Å². The van der Waals surface area contributed by atoms with Crippen molar-refractivity contribution in [2.75, 3.05) is 11.9 Å². The molecule has 228 valence electrons. The molecule has 4 N–H and O–H groups in total. The van der Waals surface area contributed by atoms with Gasteiger partial charge in [-0.2, -0.15) is 13.2 Å². The highest BCUT2D eigenvalue weighted by Gasteiger charge is 2.30. The van der Waals surface area contributed by atoms with Crippen molar-refractivity contribution in [3.63, 3.8) is 0 Å². The van der Waals surface area contributed by atoms with Crippen LogP contribution in [0.1, 0.15) is 61.9 Å². The molecule has 0 radical (unpaired) electrons. The number of urea groups is 1. The summed E-state index contributed by atoms with van der Waals surface area (Å²) in [6, 6.07) is 16.7. The normalized spacial score (nSPS) is 14.0. The number of hydrogen-bond acceptors (Lipinski definition) is 4. The summed E-state index contributed by atoms with van der Waals surface area (Å²) in [6.45, 7) is 5.96. The van der Waals surface area contributed by atoms with Gasteiger partial charge in [0.25, 0.3) is 0 Å². The summed E-state index contributed by atoms with van der Waals surface area (Å²) in [4.78, 5) is 38.9. The van der Waals surface area contributed by atoms with Gasteiger partial charge in [-0.3, -0.25) is 10.1 Å². The second-order valence-corrected chi connectivity index (χ2v) is 11.4. The van der Waals surface area contributed by atoms with Gasteiger partial charge in [-0.15, -0.1) is 0 Å². The van der Waals surface area contributed by atoms with Crippen LogP contribution >= 0.6 is 0 Å². The summed E-state index contributed by atoms with van der Waals surface area (Å²) in [6.07, 6.45) is -4.23. The molecule has 0 fully saturated rings. The Balaban J connectivity index is 1.49. The summed E-state index contributed by atoms with van der Waals surface area (Å²) in [5, 5.41) is 5.69. The molecule has 11 heteroatoms. The fourth-order valence-electron chi connectivity index (χ4n) is 5.00. The molecule has 4 amide bonds. The molecule has 3 aromatic carbocycles. The fraction of sp³-hybridized carbons (Fsp3) is 0.344. The maximum atomic E-state index is 13.4. The lowest BCUT2D eigenvalue weighted by atomic mass is 9.90. The van der Waals surface area contributed by atoms with Crippen LogP contribution in [0.4, 0.5) is 28.4 Å². The number of fused-ring (bicyclic) bond motifs is 1. The van der Waals surface area contributed by atoms with E-state index in [1.807, 2.05) is 18.2 Å².